The van der Waals surface area contributed by atoms with Crippen molar-refractivity contribution < 1.29 is 19.4 Å². The van der Waals surface area contributed by atoms with Crippen LogP contribution in [0.5, 0.6) is 0 Å². The van der Waals surface area contributed by atoms with Crippen LogP contribution in [-0.2, 0) is 16.1 Å². The molecule has 1 heterocycles. The molecule has 1 aromatic rings. The van der Waals surface area contributed by atoms with Crippen LogP contribution in [0.3, 0.4) is 0 Å². The Bertz CT molecular complexity index is 444. The van der Waals surface area contributed by atoms with Crippen LogP contribution in [0, 0.1) is 5.92 Å². The molecule has 1 saturated heterocycles. The minimum atomic E-state index is -0.726. The molecule has 5 nitrogen and oxygen atoms in total. The van der Waals surface area contributed by atoms with E-state index in [1.165, 1.54) is 6.92 Å². The van der Waals surface area contributed by atoms with Gasteiger partial charge in [0.05, 0.1) is 12.0 Å². The number of β-lactam (4-membered cyclic amide) rings is 1. The number of benzene rings is 1. The molecule has 5 heteroatoms. The van der Waals surface area contributed by atoms with Crippen molar-refractivity contribution in [1.29, 1.82) is 0 Å². The number of nitrogens with zero attached hydrogens (tertiary/aromatic N) is 1. The second-order valence-electron chi connectivity index (χ2n) is 4.34. The highest BCUT2D eigenvalue weighted by atomic mass is 16.6. The van der Waals surface area contributed by atoms with Crippen molar-refractivity contribution in [3.8, 4) is 0 Å². The molecule has 0 radical (unpaired) electrons. The minimum Gasteiger partial charge on any atom is -0.444 e. The summed E-state index contributed by atoms with van der Waals surface area (Å²) in [5.41, 5.74) is 0.867. The number of rotatable bonds is 3. The predicted molar refractivity (Wildman–Crippen MR) is 63.5 cm³/mol. The molecule has 0 saturated carbocycles. The number of carbonyl (C=O) groups is 2. The zero-order chi connectivity index (χ0) is 13.1. The third-order valence-electron chi connectivity index (χ3n) is 2.97. The average molecular weight is 249 g/mol. The topological polar surface area (TPSA) is 66.8 Å². The molecule has 0 spiro atoms. The number of amides is 2. The number of hydrogen-bond acceptors (Lipinski definition) is 4. The monoisotopic (exact) mass is 249 g/mol. The number of likely N-dealkylation sites (tertiary alicyclic amines) is 1. The van der Waals surface area contributed by atoms with E-state index in [-0.39, 0.29) is 19.1 Å². The first-order valence-electron chi connectivity index (χ1n) is 5.79. The Balaban J connectivity index is 1.82. The van der Waals surface area contributed by atoms with Gasteiger partial charge in [-0.1, -0.05) is 30.3 Å². The van der Waals surface area contributed by atoms with Gasteiger partial charge in [0.15, 0.2) is 0 Å². The zero-order valence-electron chi connectivity index (χ0n) is 10.1. The van der Waals surface area contributed by atoms with Crippen LogP contribution in [0.4, 0.5) is 4.79 Å². The molecule has 0 unspecified atom stereocenters. The minimum absolute atomic E-state index is 0.142. The van der Waals surface area contributed by atoms with Crippen LogP contribution in [-0.4, -0.2) is 34.7 Å². The second-order valence-corrected chi connectivity index (χ2v) is 4.34. The molecular formula is C13H15NO4. The quantitative estimate of drug-likeness (QED) is 0.816. The Morgan fingerprint density at radius 1 is 1.50 bits per heavy atom. The van der Waals surface area contributed by atoms with Crippen molar-refractivity contribution >= 4 is 12.0 Å². The molecule has 2 atom stereocenters. The normalized spacial score (nSPS) is 20.2. The molecule has 0 aromatic heterocycles. The molecule has 18 heavy (non-hydrogen) atoms. The van der Waals surface area contributed by atoms with E-state index in [0.29, 0.717) is 0 Å². The molecule has 1 fully saturated rings. The van der Waals surface area contributed by atoms with E-state index in [2.05, 4.69) is 0 Å². The molecule has 1 aliphatic heterocycles. The highest BCUT2D eigenvalue weighted by Crippen LogP contribution is 2.22. The highest BCUT2D eigenvalue weighted by Gasteiger charge is 2.44. The van der Waals surface area contributed by atoms with Crippen molar-refractivity contribution in [1.82, 2.24) is 4.90 Å². The van der Waals surface area contributed by atoms with Gasteiger partial charge in [-0.15, -0.1) is 0 Å². The molecule has 1 aliphatic rings. The summed E-state index contributed by atoms with van der Waals surface area (Å²) >= 11 is 0. The first kappa shape index (κ1) is 12.6. The molecule has 1 aromatic carbocycles. The van der Waals surface area contributed by atoms with Gasteiger partial charge in [-0.3, -0.25) is 4.79 Å². The maximum absolute atomic E-state index is 11.6. The van der Waals surface area contributed by atoms with Gasteiger partial charge in [0.2, 0.25) is 5.91 Å². The van der Waals surface area contributed by atoms with Gasteiger partial charge >= 0.3 is 6.09 Å². The van der Waals surface area contributed by atoms with Crippen molar-refractivity contribution in [3.63, 3.8) is 0 Å². The molecular weight excluding hydrogens is 234 g/mol. The maximum Gasteiger partial charge on any atom is 0.416 e. The van der Waals surface area contributed by atoms with Crippen LogP contribution in [0.15, 0.2) is 30.3 Å². The van der Waals surface area contributed by atoms with E-state index in [4.69, 9.17) is 4.74 Å². The molecule has 1 N–H and O–H groups in total. The lowest BCUT2D eigenvalue weighted by molar-refractivity contribution is -0.150. The SMILES string of the molecule is C[C@@H](O)[C@@H]1CN(C(=O)OCc2ccccc2)C1=O. The Hall–Kier alpha value is -1.88. The van der Waals surface area contributed by atoms with Crippen LogP contribution in [0.2, 0.25) is 0 Å². The summed E-state index contributed by atoms with van der Waals surface area (Å²) in [4.78, 5) is 24.1. The van der Waals surface area contributed by atoms with Crippen LogP contribution in [0.25, 0.3) is 0 Å². The maximum atomic E-state index is 11.6. The standard InChI is InChI=1S/C13H15NO4/c1-9(15)11-7-14(12(11)16)13(17)18-8-10-5-3-2-4-6-10/h2-6,9,11,15H,7-8H2,1H3/t9-,11+/m1/s1. The van der Waals surface area contributed by atoms with Crippen molar-refractivity contribution in [2.24, 2.45) is 5.92 Å². The van der Waals surface area contributed by atoms with Crippen molar-refractivity contribution in [3.05, 3.63) is 35.9 Å². The summed E-state index contributed by atoms with van der Waals surface area (Å²) in [7, 11) is 0. The third-order valence-corrected chi connectivity index (χ3v) is 2.97. The smallest absolute Gasteiger partial charge is 0.416 e. The Labute approximate surface area is 105 Å². The lowest BCUT2D eigenvalue weighted by Crippen LogP contribution is -2.58. The Morgan fingerprint density at radius 3 is 2.72 bits per heavy atom. The van der Waals surface area contributed by atoms with Gasteiger partial charge in [0.25, 0.3) is 0 Å². The molecule has 2 rings (SSSR count). The van der Waals surface area contributed by atoms with E-state index in [1.54, 1.807) is 0 Å². The van der Waals surface area contributed by atoms with Gasteiger partial charge < -0.3 is 9.84 Å². The lowest BCUT2D eigenvalue weighted by Gasteiger charge is -2.37. The Morgan fingerprint density at radius 2 is 2.17 bits per heavy atom. The van der Waals surface area contributed by atoms with Crippen LogP contribution < -0.4 is 0 Å². The summed E-state index contributed by atoms with van der Waals surface area (Å²) in [6.45, 7) is 1.90. The first-order valence-corrected chi connectivity index (χ1v) is 5.79. The highest BCUT2D eigenvalue weighted by molar-refractivity contribution is 5.98. The van der Waals surface area contributed by atoms with E-state index in [1.807, 2.05) is 30.3 Å². The summed E-state index contributed by atoms with van der Waals surface area (Å²) in [5.74, 6) is -0.850. The van der Waals surface area contributed by atoms with Crippen LogP contribution in [0.1, 0.15) is 12.5 Å². The van der Waals surface area contributed by atoms with E-state index < -0.39 is 18.1 Å². The second kappa shape index (κ2) is 5.18. The number of imide groups is 1. The van der Waals surface area contributed by atoms with Gasteiger partial charge in [-0.05, 0) is 12.5 Å². The summed E-state index contributed by atoms with van der Waals surface area (Å²) in [6.07, 6.45) is -1.38. The predicted octanol–water partition coefficient (Wildman–Crippen LogP) is 1.16. The van der Waals surface area contributed by atoms with Crippen molar-refractivity contribution in [2.45, 2.75) is 19.6 Å². The summed E-state index contributed by atoms with van der Waals surface area (Å²) in [6, 6.07) is 9.24. The van der Waals surface area contributed by atoms with Gasteiger partial charge in [0, 0.05) is 6.54 Å². The van der Waals surface area contributed by atoms with Gasteiger partial charge in [-0.2, -0.15) is 0 Å². The summed E-state index contributed by atoms with van der Waals surface area (Å²) in [5, 5.41) is 9.25. The van der Waals surface area contributed by atoms with Gasteiger partial charge in [0.1, 0.15) is 6.61 Å². The Kier molecular flexibility index (Phi) is 3.62. The molecule has 0 bridgehead atoms. The molecule has 2 amide bonds. The third kappa shape index (κ3) is 2.51. The first-order chi connectivity index (χ1) is 8.59. The molecule has 0 aliphatic carbocycles. The fraction of sp³-hybridized carbons (Fsp3) is 0.385. The van der Waals surface area contributed by atoms with Gasteiger partial charge in [-0.25, -0.2) is 9.69 Å². The number of aliphatic hydroxyl groups is 1. The largest absolute Gasteiger partial charge is 0.444 e. The number of ether oxygens (including phenoxy) is 1. The van der Waals surface area contributed by atoms with Crippen LogP contribution >= 0.6 is 0 Å². The average Bonchev–Trinajstić information content (AvgIpc) is 2.35. The fourth-order valence-electron chi connectivity index (χ4n) is 1.77. The molecule has 96 valence electrons. The fourth-order valence-corrected chi connectivity index (χ4v) is 1.77. The number of hydrogen-bond donors (Lipinski definition) is 1. The van der Waals surface area contributed by atoms with Crippen molar-refractivity contribution in [2.75, 3.05) is 6.54 Å². The van der Waals surface area contributed by atoms with E-state index in [9.17, 15) is 14.7 Å². The zero-order valence-corrected chi connectivity index (χ0v) is 10.1. The number of aliphatic hydroxyl groups excluding tert-OH is 1. The lowest BCUT2D eigenvalue weighted by atomic mass is 9.94. The number of carbonyl (C=O) groups excluding carboxylic acids is 2. The van der Waals surface area contributed by atoms with E-state index in [0.717, 1.165) is 10.5 Å². The summed E-state index contributed by atoms with van der Waals surface area (Å²) < 4.78 is 5.02. The van der Waals surface area contributed by atoms with E-state index >= 15 is 0 Å².